The first-order chi connectivity index (χ1) is 9.84. The van der Waals surface area contributed by atoms with E-state index < -0.39 is 17.6 Å². The maximum atomic E-state index is 12.7. The van der Waals surface area contributed by atoms with E-state index in [9.17, 15) is 14.4 Å². The van der Waals surface area contributed by atoms with Crippen molar-refractivity contribution in [2.75, 3.05) is 32.8 Å². The number of nitrogens with zero attached hydrogens (tertiary/aromatic N) is 2. The zero-order valence-electron chi connectivity index (χ0n) is 12.3. The van der Waals surface area contributed by atoms with Crippen molar-refractivity contribution >= 4 is 17.9 Å². The van der Waals surface area contributed by atoms with E-state index in [1.165, 1.54) is 9.80 Å². The first-order valence-electron chi connectivity index (χ1n) is 7.00. The van der Waals surface area contributed by atoms with Crippen molar-refractivity contribution in [1.29, 1.82) is 0 Å². The summed E-state index contributed by atoms with van der Waals surface area (Å²) in [7, 11) is 0. The smallest absolute Gasteiger partial charge is 0.321 e. The predicted octanol–water partition coefficient (Wildman–Crippen LogP) is -0.508. The summed E-state index contributed by atoms with van der Waals surface area (Å²) in [6.45, 7) is 5.11. The van der Waals surface area contributed by atoms with Crippen LogP contribution < -0.4 is 5.32 Å². The Labute approximate surface area is 123 Å². The second kappa shape index (κ2) is 5.88. The number of rotatable bonds is 2. The molecule has 2 aliphatic rings. The largest absolute Gasteiger partial charge is 0.481 e. The van der Waals surface area contributed by atoms with Gasteiger partial charge in [0, 0.05) is 19.6 Å². The Hall–Kier alpha value is -1.83. The van der Waals surface area contributed by atoms with Gasteiger partial charge >= 0.3 is 12.0 Å². The number of carbonyl (C=O) groups is 3. The molecule has 0 aliphatic carbocycles. The molecule has 0 saturated carbocycles. The van der Waals surface area contributed by atoms with Gasteiger partial charge < -0.3 is 25.0 Å². The van der Waals surface area contributed by atoms with Crippen LogP contribution in [0, 0.1) is 0 Å². The SMILES string of the molecule is CC1(C)C(=O)NCCN1C(=O)N1CCOCC1CC(=O)O. The third kappa shape index (κ3) is 3.10. The van der Waals surface area contributed by atoms with Gasteiger partial charge in [0.1, 0.15) is 5.54 Å². The molecule has 2 saturated heterocycles. The van der Waals surface area contributed by atoms with Gasteiger partial charge in [0.2, 0.25) is 5.91 Å². The molecular weight excluding hydrogens is 278 g/mol. The minimum atomic E-state index is -0.973. The van der Waals surface area contributed by atoms with Crippen LogP contribution in [0.4, 0.5) is 4.79 Å². The second-order valence-electron chi connectivity index (χ2n) is 5.77. The number of carboxylic acids is 1. The topological polar surface area (TPSA) is 99.2 Å². The number of hydrogen-bond donors (Lipinski definition) is 2. The third-order valence-electron chi connectivity index (χ3n) is 3.97. The van der Waals surface area contributed by atoms with E-state index in [-0.39, 0.29) is 25.0 Å². The van der Waals surface area contributed by atoms with Crippen molar-refractivity contribution < 1.29 is 24.2 Å². The number of hydrogen-bond acceptors (Lipinski definition) is 4. The van der Waals surface area contributed by atoms with Crippen LogP contribution >= 0.6 is 0 Å². The van der Waals surface area contributed by atoms with Crippen LogP contribution in [0.3, 0.4) is 0 Å². The van der Waals surface area contributed by atoms with Crippen molar-refractivity contribution in [3.8, 4) is 0 Å². The molecule has 1 unspecified atom stereocenters. The van der Waals surface area contributed by atoms with E-state index in [4.69, 9.17) is 9.84 Å². The minimum absolute atomic E-state index is 0.161. The molecule has 0 bridgehead atoms. The highest BCUT2D eigenvalue weighted by atomic mass is 16.5. The number of piperazine rings is 1. The minimum Gasteiger partial charge on any atom is -0.481 e. The number of nitrogens with one attached hydrogen (secondary N) is 1. The predicted molar refractivity (Wildman–Crippen MR) is 72.8 cm³/mol. The molecule has 21 heavy (non-hydrogen) atoms. The summed E-state index contributed by atoms with van der Waals surface area (Å²) in [6.07, 6.45) is -0.161. The molecule has 2 N–H and O–H groups in total. The van der Waals surface area contributed by atoms with E-state index in [0.717, 1.165) is 0 Å². The molecule has 0 aromatic heterocycles. The molecule has 8 nitrogen and oxygen atoms in total. The summed E-state index contributed by atoms with van der Waals surface area (Å²) in [4.78, 5) is 38.6. The van der Waals surface area contributed by atoms with Crippen LogP contribution in [0.2, 0.25) is 0 Å². The quantitative estimate of drug-likeness (QED) is 0.715. The average molecular weight is 299 g/mol. The summed E-state index contributed by atoms with van der Waals surface area (Å²) in [6, 6.07) is -0.797. The molecule has 118 valence electrons. The number of carbonyl (C=O) groups excluding carboxylic acids is 2. The maximum Gasteiger partial charge on any atom is 0.321 e. The summed E-state index contributed by atoms with van der Waals surface area (Å²) < 4.78 is 5.27. The lowest BCUT2D eigenvalue weighted by Crippen LogP contribution is -2.67. The van der Waals surface area contributed by atoms with E-state index in [0.29, 0.717) is 26.2 Å². The highest BCUT2D eigenvalue weighted by molar-refractivity contribution is 5.91. The fourth-order valence-electron chi connectivity index (χ4n) is 2.67. The highest BCUT2D eigenvalue weighted by Crippen LogP contribution is 2.22. The van der Waals surface area contributed by atoms with Crippen LogP contribution in [0.5, 0.6) is 0 Å². The van der Waals surface area contributed by atoms with Crippen LogP contribution in [-0.4, -0.2) is 77.2 Å². The van der Waals surface area contributed by atoms with Crippen molar-refractivity contribution in [3.05, 3.63) is 0 Å². The van der Waals surface area contributed by atoms with Gasteiger partial charge in [-0.15, -0.1) is 0 Å². The van der Waals surface area contributed by atoms with E-state index in [2.05, 4.69) is 5.32 Å². The first kappa shape index (κ1) is 15.6. The molecule has 0 radical (unpaired) electrons. The normalized spacial score (nSPS) is 25.4. The molecule has 2 heterocycles. The third-order valence-corrected chi connectivity index (χ3v) is 3.97. The number of ether oxygens (including phenoxy) is 1. The van der Waals surface area contributed by atoms with E-state index >= 15 is 0 Å². The Morgan fingerprint density at radius 3 is 2.81 bits per heavy atom. The average Bonchev–Trinajstić information content (AvgIpc) is 2.41. The molecule has 2 fully saturated rings. The summed E-state index contributed by atoms with van der Waals surface area (Å²) in [5, 5.41) is 11.7. The lowest BCUT2D eigenvalue weighted by Gasteiger charge is -2.45. The number of aliphatic carboxylic acids is 1. The Kier molecular flexibility index (Phi) is 4.36. The van der Waals surface area contributed by atoms with Gasteiger partial charge in [-0.05, 0) is 13.8 Å². The van der Waals surface area contributed by atoms with Crippen molar-refractivity contribution in [2.24, 2.45) is 0 Å². The number of urea groups is 1. The van der Waals surface area contributed by atoms with Gasteiger partial charge in [0.05, 0.1) is 25.7 Å². The number of morpholine rings is 1. The molecule has 1 atom stereocenters. The lowest BCUT2D eigenvalue weighted by atomic mass is 9.99. The van der Waals surface area contributed by atoms with Gasteiger partial charge in [0.15, 0.2) is 0 Å². The van der Waals surface area contributed by atoms with Crippen molar-refractivity contribution in [3.63, 3.8) is 0 Å². The fourth-order valence-corrected chi connectivity index (χ4v) is 2.67. The Balaban J connectivity index is 2.16. The van der Waals surface area contributed by atoms with Crippen LogP contribution in [0.25, 0.3) is 0 Å². The van der Waals surface area contributed by atoms with Crippen LogP contribution in [0.15, 0.2) is 0 Å². The number of amides is 3. The van der Waals surface area contributed by atoms with Gasteiger partial charge in [-0.25, -0.2) is 4.79 Å². The first-order valence-corrected chi connectivity index (χ1v) is 7.00. The monoisotopic (exact) mass is 299 g/mol. The zero-order chi connectivity index (χ0) is 15.6. The molecule has 8 heteroatoms. The van der Waals surface area contributed by atoms with Crippen molar-refractivity contribution in [1.82, 2.24) is 15.1 Å². The highest BCUT2D eigenvalue weighted by Gasteiger charge is 2.43. The molecule has 3 amide bonds. The van der Waals surface area contributed by atoms with Crippen molar-refractivity contribution in [2.45, 2.75) is 31.8 Å². The molecule has 0 spiro atoms. The zero-order valence-corrected chi connectivity index (χ0v) is 12.3. The Morgan fingerprint density at radius 1 is 1.43 bits per heavy atom. The molecule has 0 aromatic carbocycles. The summed E-state index contributed by atoms with van der Waals surface area (Å²) in [5.74, 6) is -1.18. The van der Waals surface area contributed by atoms with Crippen LogP contribution in [-0.2, 0) is 14.3 Å². The molecule has 2 aliphatic heterocycles. The maximum absolute atomic E-state index is 12.7. The summed E-state index contributed by atoms with van der Waals surface area (Å²) >= 11 is 0. The van der Waals surface area contributed by atoms with E-state index in [1.807, 2.05) is 0 Å². The van der Waals surface area contributed by atoms with Crippen LogP contribution in [0.1, 0.15) is 20.3 Å². The summed E-state index contributed by atoms with van der Waals surface area (Å²) in [5.41, 5.74) is -0.943. The van der Waals surface area contributed by atoms with Gasteiger partial charge in [0.25, 0.3) is 0 Å². The Morgan fingerprint density at radius 2 is 2.14 bits per heavy atom. The van der Waals surface area contributed by atoms with Gasteiger partial charge in [-0.3, -0.25) is 9.59 Å². The van der Waals surface area contributed by atoms with Gasteiger partial charge in [-0.1, -0.05) is 0 Å². The number of carboxylic acid groups (broad SMARTS) is 1. The lowest BCUT2D eigenvalue weighted by molar-refractivity contribution is -0.140. The Bertz CT molecular complexity index is 451. The standard InChI is InChI=1S/C13H21N3O5/c1-13(2)11(19)14-3-4-16(13)12(20)15-5-6-21-8-9(15)7-10(17)18/h9H,3-8H2,1-2H3,(H,14,19)(H,17,18). The molecule has 0 aromatic rings. The fraction of sp³-hybridized carbons (Fsp3) is 0.769. The van der Waals surface area contributed by atoms with Gasteiger partial charge in [-0.2, -0.15) is 0 Å². The molecular formula is C13H21N3O5. The molecule has 2 rings (SSSR count). The second-order valence-corrected chi connectivity index (χ2v) is 5.77. The van der Waals surface area contributed by atoms with E-state index in [1.54, 1.807) is 13.8 Å².